The van der Waals surface area contributed by atoms with Gasteiger partial charge in [-0.2, -0.15) is 0 Å². The van der Waals surface area contributed by atoms with E-state index in [4.69, 9.17) is 0 Å². The molecular formula is C18H21N3O4S2. The molecule has 0 unspecified atom stereocenters. The van der Waals surface area contributed by atoms with Crippen LogP contribution >= 0.6 is 11.3 Å². The van der Waals surface area contributed by atoms with E-state index in [0.29, 0.717) is 30.0 Å². The van der Waals surface area contributed by atoms with Crippen molar-refractivity contribution in [3.05, 3.63) is 46.2 Å². The number of carbonyl (C=O) groups is 2. The van der Waals surface area contributed by atoms with Gasteiger partial charge in [0.15, 0.2) is 0 Å². The number of hydrogen-bond donors (Lipinski definition) is 2. The maximum absolute atomic E-state index is 12.4. The molecule has 144 valence electrons. The van der Waals surface area contributed by atoms with Gasteiger partial charge in [0, 0.05) is 35.8 Å². The minimum Gasteiger partial charge on any atom is -0.321 e. The summed E-state index contributed by atoms with van der Waals surface area (Å²) in [7, 11) is -3.21. The van der Waals surface area contributed by atoms with Crippen molar-refractivity contribution in [2.75, 3.05) is 29.6 Å². The minimum absolute atomic E-state index is 0.128. The predicted molar refractivity (Wildman–Crippen MR) is 107 cm³/mol. The lowest BCUT2D eigenvalue weighted by Crippen LogP contribution is -2.24. The van der Waals surface area contributed by atoms with E-state index >= 15 is 0 Å². The molecule has 0 spiro atoms. The molecule has 7 nitrogen and oxygen atoms in total. The standard InChI is InChI=1S/C18H21N3O4S2/c1-27(24,25)19-11-10-15-8-9-16(26-15)18(23)20-13-4-6-14(7-5-13)21-12-2-3-17(21)22/h4-9,19H,2-3,10-12H2,1H3,(H,20,23). The number of thiophene rings is 1. The van der Waals surface area contributed by atoms with Crippen molar-refractivity contribution in [2.45, 2.75) is 19.3 Å². The Morgan fingerprint density at radius 3 is 2.56 bits per heavy atom. The van der Waals surface area contributed by atoms with Crippen molar-refractivity contribution in [1.29, 1.82) is 0 Å². The van der Waals surface area contributed by atoms with Crippen LogP contribution in [-0.4, -0.2) is 39.6 Å². The Morgan fingerprint density at radius 1 is 1.19 bits per heavy atom. The lowest BCUT2D eigenvalue weighted by Gasteiger charge is -2.16. The second-order valence-electron chi connectivity index (χ2n) is 6.33. The molecule has 3 rings (SSSR count). The quantitative estimate of drug-likeness (QED) is 0.736. The second-order valence-corrected chi connectivity index (χ2v) is 9.33. The maximum Gasteiger partial charge on any atom is 0.265 e. The Balaban J connectivity index is 1.56. The summed E-state index contributed by atoms with van der Waals surface area (Å²) in [6.45, 7) is 1.04. The van der Waals surface area contributed by atoms with Crippen LogP contribution in [0.15, 0.2) is 36.4 Å². The van der Waals surface area contributed by atoms with E-state index in [1.807, 2.05) is 18.2 Å². The Morgan fingerprint density at radius 2 is 1.93 bits per heavy atom. The highest BCUT2D eigenvalue weighted by Gasteiger charge is 2.21. The third kappa shape index (κ3) is 5.38. The first-order chi connectivity index (χ1) is 12.8. The molecule has 0 radical (unpaired) electrons. The number of anilines is 2. The predicted octanol–water partition coefficient (Wildman–Crippen LogP) is 2.22. The first-order valence-corrected chi connectivity index (χ1v) is 11.3. The summed E-state index contributed by atoms with van der Waals surface area (Å²) < 4.78 is 24.6. The zero-order valence-electron chi connectivity index (χ0n) is 14.9. The monoisotopic (exact) mass is 407 g/mol. The molecule has 1 aliphatic heterocycles. The molecule has 0 aliphatic carbocycles. The molecule has 1 saturated heterocycles. The molecule has 2 N–H and O–H groups in total. The van der Waals surface area contributed by atoms with Gasteiger partial charge in [0.2, 0.25) is 15.9 Å². The highest BCUT2D eigenvalue weighted by atomic mass is 32.2. The molecule has 2 amide bonds. The van der Waals surface area contributed by atoms with Crippen molar-refractivity contribution < 1.29 is 18.0 Å². The first-order valence-electron chi connectivity index (χ1n) is 8.57. The van der Waals surface area contributed by atoms with Crippen LogP contribution in [0.3, 0.4) is 0 Å². The van der Waals surface area contributed by atoms with Gasteiger partial charge in [0.1, 0.15) is 0 Å². The maximum atomic E-state index is 12.4. The van der Waals surface area contributed by atoms with E-state index in [0.717, 1.165) is 29.8 Å². The summed E-state index contributed by atoms with van der Waals surface area (Å²) in [6, 6.07) is 10.8. The third-order valence-electron chi connectivity index (χ3n) is 4.13. The average Bonchev–Trinajstić information content (AvgIpc) is 3.24. The molecule has 1 aromatic heterocycles. The van der Waals surface area contributed by atoms with Gasteiger partial charge in [-0.25, -0.2) is 13.1 Å². The van der Waals surface area contributed by atoms with Crippen LogP contribution in [0, 0.1) is 0 Å². The Labute approximate surface area is 162 Å². The molecule has 1 aliphatic rings. The van der Waals surface area contributed by atoms with Crippen LogP contribution < -0.4 is 14.9 Å². The summed E-state index contributed by atoms with van der Waals surface area (Å²) in [5.74, 6) is -0.0874. The van der Waals surface area contributed by atoms with Crippen LogP contribution in [0.2, 0.25) is 0 Å². The van der Waals surface area contributed by atoms with Gasteiger partial charge in [0.25, 0.3) is 5.91 Å². The lowest BCUT2D eigenvalue weighted by molar-refractivity contribution is -0.117. The summed E-state index contributed by atoms with van der Waals surface area (Å²) >= 11 is 1.33. The largest absolute Gasteiger partial charge is 0.321 e. The Bertz CT molecular complexity index is 936. The second kappa shape index (κ2) is 8.20. The SMILES string of the molecule is CS(=O)(=O)NCCc1ccc(C(=O)Nc2ccc(N3CCCC3=O)cc2)s1. The van der Waals surface area contributed by atoms with E-state index in [1.165, 1.54) is 11.3 Å². The number of hydrogen-bond acceptors (Lipinski definition) is 5. The Kier molecular flexibility index (Phi) is 5.93. The number of benzene rings is 1. The van der Waals surface area contributed by atoms with E-state index < -0.39 is 10.0 Å². The fourth-order valence-corrected chi connectivity index (χ4v) is 4.21. The molecule has 0 bridgehead atoms. The topological polar surface area (TPSA) is 95.6 Å². The average molecular weight is 408 g/mol. The van der Waals surface area contributed by atoms with E-state index in [1.54, 1.807) is 23.1 Å². The number of nitrogens with zero attached hydrogens (tertiary/aromatic N) is 1. The highest BCUT2D eigenvalue weighted by molar-refractivity contribution is 7.88. The molecule has 2 aromatic rings. The smallest absolute Gasteiger partial charge is 0.265 e. The van der Waals surface area contributed by atoms with Crippen LogP contribution in [0.4, 0.5) is 11.4 Å². The van der Waals surface area contributed by atoms with Crippen molar-refractivity contribution in [2.24, 2.45) is 0 Å². The number of carbonyl (C=O) groups excluding carboxylic acids is 2. The summed E-state index contributed by atoms with van der Waals surface area (Å²) in [5, 5.41) is 2.84. The fourth-order valence-electron chi connectivity index (χ4n) is 2.83. The minimum atomic E-state index is -3.21. The fraction of sp³-hybridized carbons (Fsp3) is 0.333. The van der Waals surface area contributed by atoms with Gasteiger partial charge >= 0.3 is 0 Å². The number of sulfonamides is 1. The molecule has 9 heteroatoms. The zero-order valence-corrected chi connectivity index (χ0v) is 16.5. The molecular weight excluding hydrogens is 386 g/mol. The van der Waals surface area contributed by atoms with E-state index in [9.17, 15) is 18.0 Å². The van der Waals surface area contributed by atoms with Gasteiger partial charge < -0.3 is 10.2 Å². The first kappa shape index (κ1) is 19.5. The Hall–Kier alpha value is -2.23. The van der Waals surface area contributed by atoms with Crippen LogP contribution in [0.1, 0.15) is 27.4 Å². The van der Waals surface area contributed by atoms with E-state index in [-0.39, 0.29) is 11.8 Å². The van der Waals surface area contributed by atoms with Crippen molar-refractivity contribution in [3.63, 3.8) is 0 Å². The van der Waals surface area contributed by atoms with Crippen molar-refractivity contribution >= 4 is 44.5 Å². The van der Waals surface area contributed by atoms with Crippen molar-refractivity contribution in [1.82, 2.24) is 4.72 Å². The molecule has 2 heterocycles. The molecule has 0 saturated carbocycles. The molecule has 0 atom stereocenters. The van der Waals surface area contributed by atoms with Gasteiger partial charge in [0.05, 0.1) is 11.1 Å². The number of nitrogens with one attached hydrogen (secondary N) is 2. The number of rotatable bonds is 7. The lowest BCUT2D eigenvalue weighted by atomic mass is 10.2. The zero-order chi connectivity index (χ0) is 19.4. The third-order valence-corrected chi connectivity index (χ3v) is 6.00. The van der Waals surface area contributed by atoms with Crippen molar-refractivity contribution in [3.8, 4) is 0 Å². The van der Waals surface area contributed by atoms with Crippen LogP contribution in [-0.2, 0) is 21.2 Å². The van der Waals surface area contributed by atoms with Gasteiger partial charge in [-0.15, -0.1) is 11.3 Å². The van der Waals surface area contributed by atoms with E-state index in [2.05, 4.69) is 10.0 Å². The van der Waals surface area contributed by atoms with Crippen LogP contribution in [0.5, 0.6) is 0 Å². The number of amides is 2. The van der Waals surface area contributed by atoms with Gasteiger partial charge in [-0.1, -0.05) is 0 Å². The molecule has 1 fully saturated rings. The summed E-state index contributed by atoms with van der Waals surface area (Å²) in [5.41, 5.74) is 1.50. The summed E-state index contributed by atoms with van der Waals surface area (Å²) in [6.07, 6.45) is 3.10. The van der Waals surface area contributed by atoms with Gasteiger partial charge in [-0.3, -0.25) is 9.59 Å². The molecule has 1 aromatic carbocycles. The summed E-state index contributed by atoms with van der Waals surface area (Å²) in [4.78, 5) is 27.4. The highest BCUT2D eigenvalue weighted by Crippen LogP contribution is 2.24. The molecule has 27 heavy (non-hydrogen) atoms. The van der Waals surface area contributed by atoms with Gasteiger partial charge in [-0.05, 0) is 49.2 Å². The van der Waals surface area contributed by atoms with Crippen LogP contribution in [0.25, 0.3) is 0 Å². The normalized spacial score (nSPS) is 14.6.